The second-order valence-corrected chi connectivity index (χ2v) is 11.3. The SMILES string of the molecule is CCCC(=O)Nc1nnc(S(N)(=O)=O)s1.CCOc1ccc2nc(S(N)(=O)=O)sc2c1. The van der Waals surface area contributed by atoms with E-state index < -0.39 is 20.0 Å². The molecule has 0 saturated heterocycles. The predicted molar refractivity (Wildman–Crippen MR) is 117 cm³/mol. The van der Waals surface area contributed by atoms with Crippen molar-refractivity contribution in [1.29, 1.82) is 0 Å². The maximum atomic E-state index is 11.1. The lowest BCUT2D eigenvalue weighted by Gasteiger charge is -2.00. The Morgan fingerprint density at radius 2 is 1.74 bits per heavy atom. The van der Waals surface area contributed by atoms with E-state index in [2.05, 4.69) is 20.5 Å². The fourth-order valence-electron chi connectivity index (χ4n) is 2.05. The quantitative estimate of drug-likeness (QED) is 0.393. The highest BCUT2D eigenvalue weighted by Gasteiger charge is 2.16. The number of nitrogens with zero attached hydrogens (tertiary/aromatic N) is 3. The normalized spacial score (nSPS) is 11.6. The molecule has 1 amide bonds. The molecule has 0 unspecified atom stereocenters. The zero-order valence-corrected chi connectivity index (χ0v) is 19.7. The average molecular weight is 509 g/mol. The van der Waals surface area contributed by atoms with Crippen LogP contribution in [0, 0.1) is 0 Å². The van der Waals surface area contributed by atoms with Gasteiger partial charge < -0.3 is 10.1 Å². The number of sulfonamides is 2. The molecule has 16 heteroatoms. The second-order valence-electron chi connectivity index (χ2n) is 5.80. The van der Waals surface area contributed by atoms with E-state index in [0.29, 0.717) is 30.7 Å². The van der Waals surface area contributed by atoms with E-state index in [0.717, 1.165) is 27.4 Å². The fraction of sp³-hybridized carbons (Fsp3) is 0.333. The molecule has 0 spiro atoms. The minimum Gasteiger partial charge on any atom is -0.494 e. The first kappa shape index (κ1) is 25.0. The highest BCUT2D eigenvalue weighted by molar-refractivity contribution is 7.91. The van der Waals surface area contributed by atoms with E-state index in [9.17, 15) is 21.6 Å². The molecular weight excluding hydrogens is 488 g/mol. The van der Waals surface area contributed by atoms with E-state index in [1.807, 2.05) is 13.8 Å². The molecule has 5 N–H and O–H groups in total. The fourth-order valence-corrected chi connectivity index (χ4v) is 5.08. The number of carbonyl (C=O) groups is 1. The van der Waals surface area contributed by atoms with E-state index in [1.165, 1.54) is 0 Å². The Bertz CT molecular complexity index is 1270. The van der Waals surface area contributed by atoms with Gasteiger partial charge in [-0.3, -0.25) is 4.79 Å². The summed E-state index contributed by atoms with van der Waals surface area (Å²) < 4.78 is 49.5. The number of thiazole rings is 1. The molecule has 0 saturated carbocycles. The molecule has 0 bridgehead atoms. The lowest BCUT2D eigenvalue weighted by Crippen LogP contribution is -2.11. The lowest BCUT2D eigenvalue weighted by molar-refractivity contribution is -0.116. The van der Waals surface area contributed by atoms with Crippen LogP contribution in [-0.4, -0.2) is 44.5 Å². The number of ether oxygens (including phenoxy) is 1. The van der Waals surface area contributed by atoms with Gasteiger partial charge in [0.1, 0.15) is 5.75 Å². The van der Waals surface area contributed by atoms with Gasteiger partial charge in [-0.2, -0.15) is 0 Å². The Balaban J connectivity index is 0.000000221. The van der Waals surface area contributed by atoms with Gasteiger partial charge in [0, 0.05) is 6.42 Å². The number of hydrogen-bond acceptors (Lipinski definition) is 11. The molecule has 0 atom stereocenters. The number of aromatic nitrogens is 3. The molecule has 2 heterocycles. The summed E-state index contributed by atoms with van der Waals surface area (Å²) in [6.07, 6.45) is 1.05. The molecule has 0 aliphatic carbocycles. The molecule has 0 aliphatic heterocycles. The summed E-state index contributed by atoms with van der Waals surface area (Å²) >= 11 is 1.77. The van der Waals surface area contributed by atoms with Crippen LogP contribution in [-0.2, 0) is 24.8 Å². The second kappa shape index (κ2) is 10.4. The number of fused-ring (bicyclic) bond motifs is 1. The summed E-state index contributed by atoms with van der Waals surface area (Å²) in [4.78, 5) is 15.1. The zero-order chi connectivity index (χ0) is 23.2. The standard InChI is InChI=1S/C9H10N2O3S2.C6H10N4O3S2/c1-2-14-6-3-4-7-8(5-6)15-9(11-7)16(10,12)13;1-2-3-4(11)8-5-9-10-6(14-5)15(7,12)13/h3-5H,2H2,1H3,(H2,10,12,13);2-3H2,1H3,(H2,7,12,13)(H,8,9,11). The number of nitrogens with two attached hydrogens (primary N) is 2. The lowest BCUT2D eigenvalue weighted by atomic mass is 10.3. The van der Waals surface area contributed by atoms with Gasteiger partial charge in [0.15, 0.2) is 0 Å². The van der Waals surface area contributed by atoms with Crippen LogP contribution in [0.5, 0.6) is 5.75 Å². The third-order valence-electron chi connectivity index (χ3n) is 3.27. The minimum absolute atomic E-state index is 0.0730. The van der Waals surface area contributed by atoms with Crippen LogP contribution in [0.15, 0.2) is 26.9 Å². The summed E-state index contributed by atoms with van der Waals surface area (Å²) in [5, 5.41) is 19.2. The molecule has 3 rings (SSSR count). The molecule has 3 aromatic rings. The van der Waals surface area contributed by atoms with Crippen molar-refractivity contribution < 1.29 is 26.4 Å². The first-order chi connectivity index (χ1) is 14.4. The Morgan fingerprint density at radius 1 is 1.06 bits per heavy atom. The summed E-state index contributed by atoms with van der Waals surface area (Å²) in [6, 6.07) is 5.22. The van der Waals surface area contributed by atoms with E-state index in [-0.39, 0.29) is 19.7 Å². The smallest absolute Gasteiger partial charge is 0.267 e. The molecular formula is C15H20N6O6S4. The first-order valence-corrected chi connectivity index (χ1v) is 13.4. The Hall–Kier alpha value is -2.24. The van der Waals surface area contributed by atoms with Crippen molar-refractivity contribution in [2.45, 2.75) is 35.4 Å². The van der Waals surface area contributed by atoms with Crippen LogP contribution in [0.25, 0.3) is 10.2 Å². The highest BCUT2D eigenvalue weighted by atomic mass is 32.3. The Kier molecular flexibility index (Phi) is 8.38. The Morgan fingerprint density at radius 3 is 2.29 bits per heavy atom. The van der Waals surface area contributed by atoms with Crippen molar-refractivity contribution in [3.8, 4) is 5.75 Å². The van der Waals surface area contributed by atoms with Crippen LogP contribution in [0.3, 0.4) is 0 Å². The molecule has 0 fully saturated rings. The summed E-state index contributed by atoms with van der Waals surface area (Å²) in [6.45, 7) is 4.30. The van der Waals surface area contributed by atoms with Gasteiger partial charge in [0.25, 0.3) is 20.0 Å². The summed E-state index contributed by atoms with van der Waals surface area (Å²) in [5.41, 5.74) is 0.609. The van der Waals surface area contributed by atoms with Gasteiger partial charge in [-0.05, 0) is 31.5 Å². The van der Waals surface area contributed by atoms with Gasteiger partial charge >= 0.3 is 0 Å². The maximum Gasteiger partial charge on any atom is 0.267 e. The summed E-state index contributed by atoms with van der Waals surface area (Å²) in [5.74, 6) is 0.467. The predicted octanol–water partition coefficient (Wildman–Crippen LogP) is 1.27. The third-order valence-corrected chi connectivity index (χ3v) is 7.75. The van der Waals surface area contributed by atoms with E-state index in [1.54, 1.807) is 18.2 Å². The van der Waals surface area contributed by atoms with Crippen LogP contribution < -0.4 is 20.3 Å². The number of benzene rings is 1. The molecule has 170 valence electrons. The molecule has 1 aromatic carbocycles. The van der Waals surface area contributed by atoms with Crippen LogP contribution in [0.2, 0.25) is 0 Å². The van der Waals surface area contributed by atoms with Crippen molar-refractivity contribution in [2.24, 2.45) is 10.3 Å². The minimum atomic E-state index is -3.84. The van der Waals surface area contributed by atoms with Crippen molar-refractivity contribution in [2.75, 3.05) is 11.9 Å². The van der Waals surface area contributed by atoms with E-state index in [4.69, 9.17) is 15.0 Å². The van der Waals surface area contributed by atoms with Crippen molar-refractivity contribution in [3.05, 3.63) is 18.2 Å². The number of primary sulfonamides is 2. The van der Waals surface area contributed by atoms with E-state index >= 15 is 0 Å². The van der Waals surface area contributed by atoms with Crippen molar-refractivity contribution in [1.82, 2.24) is 15.2 Å². The van der Waals surface area contributed by atoms with Crippen LogP contribution >= 0.6 is 22.7 Å². The van der Waals surface area contributed by atoms with Crippen molar-refractivity contribution in [3.63, 3.8) is 0 Å². The largest absolute Gasteiger partial charge is 0.494 e. The number of nitrogens with one attached hydrogen (secondary N) is 1. The van der Waals surface area contributed by atoms with Crippen LogP contribution in [0.1, 0.15) is 26.7 Å². The summed E-state index contributed by atoms with van der Waals surface area (Å²) in [7, 11) is -7.56. The third kappa shape index (κ3) is 7.44. The van der Waals surface area contributed by atoms with Gasteiger partial charge in [-0.1, -0.05) is 18.3 Å². The molecule has 0 radical (unpaired) electrons. The van der Waals surface area contributed by atoms with Crippen molar-refractivity contribution >= 4 is 64.0 Å². The van der Waals surface area contributed by atoms with Gasteiger partial charge in [-0.15, -0.1) is 21.5 Å². The van der Waals surface area contributed by atoms with Gasteiger partial charge in [-0.25, -0.2) is 32.1 Å². The molecule has 0 aliphatic rings. The Labute approximate surface area is 186 Å². The topological polar surface area (TPSA) is 197 Å². The highest BCUT2D eigenvalue weighted by Crippen LogP contribution is 2.28. The number of rotatable bonds is 7. The zero-order valence-electron chi connectivity index (χ0n) is 16.4. The van der Waals surface area contributed by atoms with Gasteiger partial charge in [0.2, 0.25) is 19.7 Å². The first-order valence-electron chi connectivity index (χ1n) is 8.66. The number of carbonyl (C=O) groups excluding carboxylic acids is 1. The monoisotopic (exact) mass is 508 g/mol. The molecule has 2 aromatic heterocycles. The average Bonchev–Trinajstić information content (AvgIpc) is 3.28. The van der Waals surface area contributed by atoms with Gasteiger partial charge in [0.05, 0.1) is 16.8 Å². The molecule has 31 heavy (non-hydrogen) atoms. The maximum absolute atomic E-state index is 11.1. The molecule has 12 nitrogen and oxygen atoms in total. The number of amides is 1. The van der Waals surface area contributed by atoms with Crippen LogP contribution in [0.4, 0.5) is 5.13 Å². The number of anilines is 1. The number of hydrogen-bond donors (Lipinski definition) is 3.